The minimum absolute atomic E-state index is 0.199. The van der Waals surface area contributed by atoms with E-state index in [9.17, 15) is 0 Å². The normalized spacial score (nSPS) is 25.1. The highest BCUT2D eigenvalue weighted by molar-refractivity contribution is 5.36. The fraction of sp³-hybridized carbons (Fsp3) is 0.600. The molecule has 1 saturated heterocycles. The number of rotatable bonds is 5. The summed E-state index contributed by atoms with van der Waals surface area (Å²) < 4.78 is 11.6. The average molecular weight is 249 g/mol. The van der Waals surface area contributed by atoms with Gasteiger partial charge in [0, 0.05) is 12.2 Å². The monoisotopic (exact) mass is 249 g/mol. The summed E-state index contributed by atoms with van der Waals surface area (Å²) in [6.07, 6.45) is 1.37. The number of para-hydroxylation sites is 1. The van der Waals surface area contributed by atoms with Crippen molar-refractivity contribution in [2.24, 2.45) is 5.92 Å². The van der Waals surface area contributed by atoms with Gasteiger partial charge < -0.3 is 14.8 Å². The Balaban J connectivity index is 2.26. The minimum Gasteiger partial charge on any atom is -0.494 e. The molecule has 1 aliphatic rings. The Morgan fingerprint density at radius 1 is 1.44 bits per heavy atom. The zero-order chi connectivity index (χ0) is 13.0. The Hall–Kier alpha value is -1.06. The molecule has 0 amide bonds. The summed E-state index contributed by atoms with van der Waals surface area (Å²) in [4.78, 5) is 0. The molecular formula is C15H23NO2. The third-order valence-corrected chi connectivity index (χ3v) is 3.64. The molecule has 18 heavy (non-hydrogen) atoms. The second-order valence-electron chi connectivity index (χ2n) is 4.84. The van der Waals surface area contributed by atoms with Gasteiger partial charge in [-0.15, -0.1) is 0 Å². The molecule has 1 N–H and O–H groups in total. The first-order valence-electron chi connectivity index (χ1n) is 6.78. The number of ether oxygens (including phenoxy) is 2. The summed E-state index contributed by atoms with van der Waals surface area (Å²) in [5, 5.41) is 3.38. The Labute approximate surface area is 109 Å². The molecule has 1 aromatic carbocycles. The molecule has 3 atom stereocenters. The lowest BCUT2D eigenvalue weighted by molar-refractivity contribution is 0.0622. The zero-order valence-electron chi connectivity index (χ0n) is 11.5. The van der Waals surface area contributed by atoms with Gasteiger partial charge in [0.15, 0.2) is 0 Å². The van der Waals surface area contributed by atoms with E-state index in [1.807, 2.05) is 26.1 Å². The van der Waals surface area contributed by atoms with Crippen molar-refractivity contribution >= 4 is 0 Å². The van der Waals surface area contributed by atoms with Crippen LogP contribution in [0.3, 0.4) is 0 Å². The molecule has 1 heterocycles. The summed E-state index contributed by atoms with van der Waals surface area (Å²) in [7, 11) is 1.99. The van der Waals surface area contributed by atoms with Crippen molar-refractivity contribution in [3.8, 4) is 5.75 Å². The maximum absolute atomic E-state index is 5.89. The van der Waals surface area contributed by atoms with E-state index < -0.39 is 0 Å². The first-order valence-corrected chi connectivity index (χ1v) is 6.78. The quantitative estimate of drug-likeness (QED) is 0.870. The number of benzene rings is 1. The zero-order valence-corrected chi connectivity index (χ0v) is 11.5. The predicted octanol–water partition coefficient (Wildman–Crippen LogP) is 2.77. The summed E-state index contributed by atoms with van der Waals surface area (Å²) in [5.74, 6) is 1.54. The predicted molar refractivity (Wildman–Crippen MR) is 72.9 cm³/mol. The van der Waals surface area contributed by atoms with E-state index in [1.165, 1.54) is 5.56 Å². The van der Waals surface area contributed by atoms with E-state index in [-0.39, 0.29) is 12.1 Å². The van der Waals surface area contributed by atoms with Crippen molar-refractivity contribution < 1.29 is 9.47 Å². The smallest absolute Gasteiger partial charge is 0.124 e. The third-order valence-electron chi connectivity index (χ3n) is 3.64. The summed E-state index contributed by atoms with van der Waals surface area (Å²) in [5.41, 5.74) is 1.20. The molecule has 0 saturated carbocycles. The molecule has 3 nitrogen and oxygen atoms in total. The van der Waals surface area contributed by atoms with Crippen LogP contribution in [0.4, 0.5) is 0 Å². The molecule has 0 bridgehead atoms. The van der Waals surface area contributed by atoms with Gasteiger partial charge in [0.05, 0.1) is 18.8 Å². The first kappa shape index (κ1) is 13.4. The van der Waals surface area contributed by atoms with E-state index in [4.69, 9.17) is 9.47 Å². The van der Waals surface area contributed by atoms with E-state index >= 15 is 0 Å². The average Bonchev–Trinajstić information content (AvgIpc) is 2.79. The van der Waals surface area contributed by atoms with Crippen molar-refractivity contribution in [1.82, 2.24) is 5.32 Å². The third kappa shape index (κ3) is 2.68. The number of hydrogen-bond donors (Lipinski definition) is 1. The fourth-order valence-electron chi connectivity index (χ4n) is 2.66. The fourth-order valence-corrected chi connectivity index (χ4v) is 2.66. The molecule has 1 aromatic rings. The lowest BCUT2D eigenvalue weighted by Gasteiger charge is -2.27. The van der Waals surface area contributed by atoms with Gasteiger partial charge in [-0.2, -0.15) is 0 Å². The SMILES string of the molecule is CCOc1ccccc1C(NC)C1OCCC1C. The maximum Gasteiger partial charge on any atom is 0.124 e. The van der Waals surface area contributed by atoms with Crippen LogP contribution >= 0.6 is 0 Å². The Bertz CT molecular complexity index is 381. The highest BCUT2D eigenvalue weighted by Gasteiger charge is 2.33. The molecule has 100 valence electrons. The van der Waals surface area contributed by atoms with Crippen molar-refractivity contribution in [2.75, 3.05) is 20.3 Å². The summed E-state index contributed by atoms with van der Waals surface area (Å²) in [6.45, 7) is 5.82. The second-order valence-corrected chi connectivity index (χ2v) is 4.84. The van der Waals surface area contributed by atoms with Crippen molar-refractivity contribution in [2.45, 2.75) is 32.4 Å². The Morgan fingerprint density at radius 2 is 2.22 bits per heavy atom. The van der Waals surface area contributed by atoms with Gasteiger partial charge in [-0.1, -0.05) is 25.1 Å². The molecule has 0 spiro atoms. The van der Waals surface area contributed by atoms with Crippen LogP contribution in [0.5, 0.6) is 5.75 Å². The van der Waals surface area contributed by atoms with Gasteiger partial charge in [0.2, 0.25) is 0 Å². The van der Waals surface area contributed by atoms with E-state index in [2.05, 4.69) is 24.4 Å². The van der Waals surface area contributed by atoms with Crippen LogP contribution in [-0.4, -0.2) is 26.4 Å². The highest BCUT2D eigenvalue weighted by Crippen LogP contribution is 2.35. The van der Waals surface area contributed by atoms with Gasteiger partial charge >= 0.3 is 0 Å². The largest absolute Gasteiger partial charge is 0.494 e. The lowest BCUT2D eigenvalue weighted by Crippen LogP contribution is -2.32. The van der Waals surface area contributed by atoms with E-state index in [0.717, 1.165) is 18.8 Å². The van der Waals surface area contributed by atoms with Crippen LogP contribution < -0.4 is 10.1 Å². The van der Waals surface area contributed by atoms with Crippen LogP contribution in [0.15, 0.2) is 24.3 Å². The second kappa shape index (κ2) is 6.21. The number of hydrogen-bond acceptors (Lipinski definition) is 3. The molecule has 3 heteroatoms. The topological polar surface area (TPSA) is 30.5 Å². The van der Waals surface area contributed by atoms with Crippen LogP contribution in [0, 0.1) is 5.92 Å². The minimum atomic E-state index is 0.199. The maximum atomic E-state index is 5.89. The molecule has 1 fully saturated rings. The van der Waals surface area contributed by atoms with Gasteiger partial charge in [-0.05, 0) is 32.4 Å². The Kier molecular flexibility index (Phi) is 4.61. The summed E-state index contributed by atoms with van der Waals surface area (Å²) >= 11 is 0. The van der Waals surface area contributed by atoms with Crippen LogP contribution in [0.2, 0.25) is 0 Å². The van der Waals surface area contributed by atoms with E-state index in [0.29, 0.717) is 12.5 Å². The van der Waals surface area contributed by atoms with Crippen LogP contribution in [-0.2, 0) is 4.74 Å². The Morgan fingerprint density at radius 3 is 2.83 bits per heavy atom. The van der Waals surface area contributed by atoms with E-state index in [1.54, 1.807) is 0 Å². The van der Waals surface area contributed by atoms with Gasteiger partial charge in [0.25, 0.3) is 0 Å². The van der Waals surface area contributed by atoms with Gasteiger partial charge in [0.1, 0.15) is 5.75 Å². The number of nitrogens with one attached hydrogen (secondary N) is 1. The highest BCUT2D eigenvalue weighted by atomic mass is 16.5. The van der Waals surface area contributed by atoms with Crippen LogP contribution in [0.1, 0.15) is 31.9 Å². The molecule has 0 radical (unpaired) electrons. The molecule has 3 unspecified atom stereocenters. The van der Waals surface area contributed by atoms with Crippen molar-refractivity contribution in [1.29, 1.82) is 0 Å². The number of likely N-dealkylation sites (N-methyl/N-ethyl adjacent to an activating group) is 1. The van der Waals surface area contributed by atoms with Crippen molar-refractivity contribution in [3.63, 3.8) is 0 Å². The molecular weight excluding hydrogens is 226 g/mol. The standard InChI is InChI=1S/C15H23NO2/c1-4-17-13-8-6-5-7-12(13)14(16-3)15-11(2)9-10-18-15/h5-8,11,14-16H,4,9-10H2,1-3H3. The summed E-state index contributed by atoms with van der Waals surface area (Å²) in [6, 6.07) is 8.43. The molecule has 0 aromatic heterocycles. The molecule has 0 aliphatic carbocycles. The van der Waals surface area contributed by atoms with Gasteiger partial charge in [-0.3, -0.25) is 0 Å². The van der Waals surface area contributed by atoms with Crippen molar-refractivity contribution in [3.05, 3.63) is 29.8 Å². The molecule has 2 rings (SSSR count). The molecule has 1 aliphatic heterocycles. The van der Waals surface area contributed by atoms with Crippen LogP contribution in [0.25, 0.3) is 0 Å². The lowest BCUT2D eigenvalue weighted by atomic mass is 9.92. The first-order chi connectivity index (χ1) is 8.77. The van der Waals surface area contributed by atoms with Gasteiger partial charge in [-0.25, -0.2) is 0 Å².